The highest BCUT2D eigenvalue weighted by molar-refractivity contribution is 7.92. The van der Waals surface area contributed by atoms with Gasteiger partial charge in [-0.15, -0.1) is 0 Å². The molecule has 236 valence electrons. The molecule has 0 spiro atoms. The summed E-state index contributed by atoms with van der Waals surface area (Å²) in [4.78, 5) is 26.6. The zero-order chi connectivity index (χ0) is 32.0. The standard InChI is InChI=1S/C32H34FN5O6S/c1-22-16-24(4-10-30(22)43-19-23-12-14-37(2)15-13-23)29-18-32(35-20-34-29)36-25-5-7-26(8-6-25)38(44-21-39)45(40,41)27-9-11-31(42-3)28(33)17-27/h4-11,16-18,20-21,23H,12-15,19H2,1-3H3,(H,34,35,36). The maximum Gasteiger partial charge on any atom is 0.322 e. The van der Waals surface area contributed by atoms with E-state index in [1.54, 1.807) is 18.2 Å². The van der Waals surface area contributed by atoms with Gasteiger partial charge >= 0.3 is 6.47 Å². The molecule has 13 heteroatoms. The van der Waals surface area contributed by atoms with Gasteiger partial charge in [-0.3, -0.25) is 4.79 Å². The first-order chi connectivity index (χ1) is 21.7. The van der Waals surface area contributed by atoms with Gasteiger partial charge in [0.05, 0.1) is 30.0 Å². The van der Waals surface area contributed by atoms with Crippen LogP contribution in [0.15, 0.2) is 78.0 Å². The molecule has 1 aromatic heterocycles. The lowest BCUT2D eigenvalue weighted by Gasteiger charge is -2.28. The van der Waals surface area contributed by atoms with Crippen molar-refractivity contribution in [1.29, 1.82) is 0 Å². The molecule has 0 saturated carbocycles. The third kappa shape index (κ3) is 7.49. The number of hydrogen-bond acceptors (Lipinski definition) is 10. The summed E-state index contributed by atoms with van der Waals surface area (Å²) in [5.41, 5.74) is 3.22. The first kappa shape index (κ1) is 31.7. The second kappa shape index (κ2) is 13.9. The summed E-state index contributed by atoms with van der Waals surface area (Å²) in [6.07, 6.45) is 3.73. The normalized spacial score (nSPS) is 14.0. The SMILES string of the molecule is COc1ccc(S(=O)(=O)N(OC=O)c2ccc(Nc3cc(-c4ccc(OCC5CCN(C)CC5)c(C)c4)ncn3)cc2)cc1F. The molecule has 0 radical (unpaired) electrons. The third-order valence-electron chi connectivity index (χ3n) is 7.58. The van der Waals surface area contributed by atoms with Crippen LogP contribution in [0.2, 0.25) is 0 Å². The van der Waals surface area contributed by atoms with Gasteiger partial charge in [0, 0.05) is 17.3 Å². The second-order valence-electron chi connectivity index (χ2n) is 10.7. The Morgan fingerprint density at radius 3 is 2.42 bits per heavy atom. The van der Waals surface area contributed by atoms with Crippen LogP contribution in [-0.2, 0) is 19.7 Å². The minimum atomic E-state index is -4.46. The Hall–Kier alpha value is -4.75. The molecule has 11 nitrogen and oxygen atoms in total. The van der Waals surface area contributed by atoms with Crippen LogP contribution in [0.25, 0.3) is 11.3 Å². The zero-order valence-electron chi connectivity index (χ0n) is 25.1. The Kier molecular flexibility index (Phi) is 9.79. The van der Waals surface area contributed by atoms with Crippen LogP contribution in [0.4, 0.5) is 21.6 Å². The van der Waals surface area contributed by atoms with Gasteiger partial charge in [-0.1, -0.05) is 4.47 Å². The van der Waals surface area contributed by atoms with E-state index in [1.807, 2.05) is 25.1 Å². The number of rotatable bonds is 12. The molecule has 1 saturated heterocycles. The van der Waals surface area contributed by atoms with Crippen LogP contribution in [-0.4, -0.2) is 63.6 Å². The number of carbonyl (C=O) groups excluding carboxylic acids is 1. The number of nitrogens with zero attached hydrogens (tertiary/aromatic N) is 4. The highest BCUT2D eigenvalue weighted by Gasteiger charge is 2.28. The number of anilines is 3. The van der Waals surface area contributed by atoms with Crippen molar-refractivity contribution < 1.29 is 31.9 Å². The Bertz CT molecular complexity index is 1750. The number of aromatic nitrogens is 2. The average molecular weight is 636 g/mol. The largest absolute Gasteiger partial charge is 0.494 e. The number of aryl methyl sites for hydroxylation is 1. The Morgan fingerprint density at radius 2 is 1.76 bits per heavy atom. The molecule has 45 heavy (non-hydrogen) atoms. The summed E-state index contributed by atoms with van der Waals surface area (Å²) in [5, 5.41) is 3.17. The van der Waals surface area contributed by atoms with E-state index >= 15 is 0 Å². The number of hydrogen-bond donors (Lipinski definition) is 1. The van der Waals surface area contributed by atoms with Crippen LogP contribution in [0, 0.1) is 18.7 Å². The molecule has 1 fully saturated rings. The quantitative estimate of drug-likeness (QED) is 0.161. The van der Waals surface area contributed by atoms with Gasteiger partial charge in [0.15, 0.2) is 11.6 Å². The Balaban J connectivity index is 1.27. The van der Waals surface area contributed by atoms with Crippen molar-refractivity contribution >= 4 is 33.7 Å². The molecule has 0 amide bonds. The molecular formula is C32H34FN5O6S. The van der Waals surface area contributed by atoms with Crippen LogP contribution in [0.5, 0.6) is 11.5 Å². The summed E-state index contributed by atoms with van der Waals surface area (Å²) in [7, 11) is -1.05. The highest BCUT2D eigenvalue weighted by atomic mass is 32.2. The molecule has 0 atom stereocenters. The summed E-state index contributed by atoms with van der Waals surface area (Å²) in [5.74, 6) is 0.927. The summed E-state index contributed by atoms with van der Waals surface area (Å²) in [6, 6.07) is 16.9. The van der Waals surface area contributed by atoms with E-state index in [2.05, 4.69) is 27.2 Å². The third-order valence-corrected chi connectivity index (χ3v) is 9.16. The first-order valence-corrected chi connectivity index (χ1v) is 15.7. The smallest absolute Gasteiger partial charge is 0.322 e. The van der Waals surface area contributed by atoms with Crippen LogP contribution in [0.3, 0.4) is 0 Å². The molecule has 1 aliphatic heterocycles. The fourth-order valence-electron chi connectivity index (χ4n) is 5.00. The van der Waals surface area contributed by atoms with E-state index in [-0.39, 0.29) is 17.9 Å². The lowest BCUT2D eigenvalue weighted by molar-refractivity contribution is -0.128. The van der Waals surface area contributed by atoms with Crippen molar-refractivity contribution in [3.8, 4) is 22.8 Å². The number of nitrogens with one attached hydrogen (secondary N) is 1. The number of halogens is 1. The van der Waals surface area contributed by atoms with Gasteiger partial charge in [0.1, 0.15) is 17.9 Å². The van der Waals surface area contributed by atoms with Crippen LogP contribution >= 0.6 is 0 Å². The predicted molar refractivity (Wildman–Crippen MR) is 167 cm³/mol. The fraction of sp³-hybridized carbons (Fsp3) is 0.281. The van der Waals surface area contributed by atoms with Gasteiger partial charge in [-0.05, 0) is 112 Å². The van der Waals surface area contributed by atoms with E-state index in [4.69, 9.17) is 14.3 Å². The summed E-state index contributed by atoms with van der Waals surface area (Å²) < 4.78 is 52.0. The number of benzene rings is 3. The van der Waals surface area contributed by atoms with Crippen molar-refractivity contribution in [1.82, 2.24) is 14.9 Å². The van der Waals surface area contributed by atoms with Crippen molar-refractivity contribution in [3.05, 3.63) is 84.4 Å². The minimum absolute atomic E-state index is 0.0147. The van der Waals surface area contributed by atoms with Crippen molar-refractivity contribution in [2.45, 2.75) is 24.7 Å². The molecule has 0 unspecified atom stereocenters. The molecule has 3 aromatic carbocycles. The molecule has 1 aliphatic rings. The minimum Gasteiger partial charge on any atom is -0.494 e. The monoisotopic (exact) mass is 635 g/mol. The fourth-order valence-corrected chi connectivity index (χ4v) is 6.24. The average Bonchev–Trinajstić information content (AvgIpc) is 3.04. The molecular weight excluding hydrogens is 601 g/mol. The highest BCUT2D eigenvalue weighted by Crippen LogP contribution is 2.30. The van der Waals surface area contributed by atoms with Gasteiger partial charge < -0.3 is 24.5 Å². The maximum absolute atomic E-state index is 14.2. The molecule has 4 aromatic rings. The molecule has 5 rings (SSSR count). The second-order valence-corrected chi connectivity index (χ2v) is 12.5. The number of ether oxygens (including phenoxy) is 2. The molecule has 1 N–H and O–H groups in total. The summed E-state index contributed by atoms with van der Waals surface area (Å²) in [6.45, 7) is 4.89. The molecule has 0 aliphatic carbocycles. The van der Waals surface area contributed by atoms with Crippen molar-refractivity contribution in [3.63, 3.8) is 0 Å². The molecule has 0 bridgehead atoms. The Morgan fingerprint density at radius 1 is 1.02 bits per heavy atom. The van der Waals surface area contributed by atoms with Gasteiger partial charge in [-0.2, -0.15) is 8.42 Å². The molecule has 2 heterocycles. The predicted octanol–water partition coefficient (Wildman–Crippen LogP) is 5.35. The number of likely N-dealkylation sites (tertiary alicyclic amines) is 1. The first-order valence-electron chi connectivity index (χ1n) is 14.3. The van der Waals surface area contributed by atoms with E-state index < -0.39 is 20.7 Å². The van der Waals surface area contributed by atoms with E-state index in [9.17, 15) is 17.6 Å². The van der Waals surface area contributed by atoms with Crippen molar-refractivity contribution in [2.24, 2.45) is 5.92 Å². The van der Waals surface area contributed by atoms with Gasteiger partial charge in [0.2, 0.25) is 0 Å². The van der Waals surface area contributed by atoms with Crippen LogP contribution < -0.4 is 19.3 Å². The summed E-state index contributed by atoms with van der Waals surface area (Å²) >= 11 is 0. The number of carbonyl (C=O) groups is 1. The number of piperidine rings is 1. The van der Waals surface area contributed by atoms with Crippen LogP contribution in [0.1, 0.15) is 18.4 Å². The maximum atomic E-state index is 14.2. The lowest BCUT2D eigenvalue weighted by Crippen LogP contribution is -2.32. The van der Waals surface area contributed by atoms with Gasteiger partial charge in [-0.25, -0.2) is 14.4 Å². The van der Waals surface area contributed by atoms with E-state index in [0.717, 1.165) is 54.9 Å². The lowest BCUT2D eigenvalue weighted by atomic mass is 9.98. The Labute approximate surface area is 261 Å². The number of methoxy groups -OCH3 is 1. The zero-order valence-corrected chi connectivity index (χ0v) is 26.0. The topological polar surface area (TPSA) is 123 Å². The van der Waals surface area contributed by atoms with Gasteiger partial charge in [0.25, 0.3) is 10.0 Å². The number of sulfonamides is 1. The van der Waals surface area contributed by atoms with Crippen molar-refractivity contribution in [2.75, 3.05) is 43.6 Å². The van der Waals surface area contributed by atoms with E-state index in [0.29, 0.717) is 34.2 Å². The van der Waals surface area contributed by atoms with E-state index in [1.165, 1.54) is 31.6 Å².